The standard InChI is InChI=1S/C18H20N4O/c1-13(2)17-20-6-7-21(17)10-15-11-22(12-15)18(23)16-5-3-4-14(8-16)9-19/h3-8,13,15H,10-12H2,1-2H3. The first-order valence-corrected chi connectivity index (χ1v) is 7.89. The SMILES string of the molecule is CC(C)c1nccn1CC1CN(C(=O)c2cccc(C#N)c2)C1. The number of aromatic nitrogens is 2. The summed E-state index contributed by atoms with van der Waals surface area (Å²) in [7, 11) is 0. The Morgan fingerprint density at radius 2 is 2.22 bits per heavy atom. The van der Waals surface area contributed by atoms with Gasteiger partial charge in [0.15, 0.2) is 0 Å². The van der Waals surface area contributed by atoms with Gasteiger partial charge in [0.2, 0.25) is 0 Å². The molecule has 0 N–H and O–H groups in total. The Morgan fingerprint density at radius 3 is 2.91 bits per heavy atom. The van der Waals surface area contributed by atoms with Gasteiger partial charge in [-0.15, -0.1) is 0 Å². The Morgan fingerprint density at radius 1 is 1.43 bits per heavy atom. The average molecular weight is 308 g/mol. The van der Waals surface area contributed by atoms with Crippen LogP contribution < -0.4 is 0 Å². The molecule has 2 heterocycles. The van der Waals surface area contributed by atoms with Crippen LogP contribution in [0.15, 0.2) is 36.7 Å². The number of hydrogen-bond acceptors (Lipinski definition) is 3. The molecule has 1 fully saturated rings. The van der Waals surface area contributed by atoms with E-state index in [1.165, 1.54) is 0 Å². The second kappa shape index (κ2) is 6.25. The summed E-state index contributed by atoms with van der Waals surface area (Å²) >= 11 is 0. The number of imidazole rings is 1. The third kappa shape index (κ3) is 3.11. The van der Waals surface area contributed by atoms with E-state index in [9.17, 15) is 4.79 Å². The molecule has 0 atom stereocenters. The van der Waals surface area contributed by atoms with E-state index in [1.807, 2.05) is 17.3 Å². The van der Waals surface area contributed by atoms with Crippen molar-refractivity contribution < 1.29 is 4.79 Å². The predicted molar refractivity (Wildman–Crippen MR) is 86.9 cm³/mol. The molecule has 23 heavy (non-hydrogen) atoms. The molecule has 3 rings (SSSR count). The van der Waals surface area contributed by atoms with Crippen LogP contribution >= 0.6 is 0 Å². The number of amides is 1. The summed E-state index contributed by atoms with van der Waals surface area (Å²) in [5.74, 6) is 1.96. The molecule has 0 radical (unpaired) electrons. The van der Waals surface area contributed by atoms with E-state index in [-0.39, 0.29) is 5.91 Å². The molecule has 5 nitrogen and oxygen atoms in total. The molecule has 0 saturated carbocycles. The van der Waals surface area contributed by atoms with Crippen LogP contribution in [0.5, 0.6) is 0 Å². The van der Waals surface area contributed by atoms with Gasteiger partial charge in [-0.3, -0.25) is 4.79 Å². The first-order valence-electron chi connectivity index (χ1n) is 7.89. The first kappa shape index (κ1) is 15.3. The summed E-state index contributed by atoms with van der Waals surface area (Å²) in [6.07, 6.45) is 3.85. The fourth-order valence-corrected chi connectivity index (χ4v) is 3.01. The number of rotatable bonds is 4. The van der Waals surface area contributed by atoms with Crippen molar-refractivity contribution in [3.8, 4) is 6.07 Å². The lowest BCUT2D eigenvalue weighted by Crippen LogP contribution is -2.51. The van der Waals surface area contributed by atoms with Crippen LogP contribution in [-0.2, 0) is 6.54 Å². The quantitative estimate of drug-likeness (QED) is 0.872. The van der Waals surface area contributed by atoms with E-state index in [2.05, 4.69) is 29.5 Å². The van der Waals surface area contributed by atoms with Gasteiger partial charge in [-0.05, 0) is 18.2 Å². The minimum absolute atomic E-state index is 0.00747. The van der Waals surface area contributed by atoms with E-state index >= 15 is 0 Å². The molecule has 0 bridgehead atoms. The van der Waals surface area contributed by atoms with Crippen molar-refractivity contribution in [2.45, 2.75) is 26.3 Å². The highest BCUT2D eigenvalue weighted by molar-refractivity contribution is 5.95. The average Bonchev–Trinajstić information content (AvgIpc) is 2.98. The lowest BCUT2D eigenvalue weighted by molar-refractivity contribution is 0.0466. The third-order valence-electron chi connectivity index (χ3n) is 4.20. The number of nitriles is 1. The van der Waals surface area contributed by atoms with Gasteiger partial charge in [0.25, 0.3) is 5.91 Å². The zero-order valence-electron chi connectivity index (χ0n) is 13.4. The van der Waals surface area contributed by atoms with Gasteiger partial charge in [0.1, 0.15) is 5.82 Å². The van der Waals surface area contributed by atoms with Crippen LogP contribution in [-0.4, -0.2) is 33.4 Å². The first-order chi connectivity index (χ1) is 11.1. The van der Waals surface area contributed by atoms with E-state index in [4.69, 9.17) is 5.26 Å². The van der Waals surface area contributed by atoms with E-state index in [0.29, 0.717) is 23.0 Å². The topological polar surface area (TPSA) is 61.9 Å². The summed E-state index contributed by atoms with van der Waals surface area (Å²) in [5, 5.41) is 8.93. The maximum atomic E-state index is 12.4. The van der Waals surface area contributed by atoms with Gasteiger partial charge in [0, 0.05) is 49.4 Å². The van der Waals surface area contributed by atoms with Crippen molar-refractivity contribution in [1.82, 2.24) is 14.5 Å². The smallest absolute Gasteiger partial charge is 0.253 e. The zero-order valence-corrected chi connectivity index (χ0v) is 13.4. The highest BCUT2D eigenvalue weighted by atomic mass is 16.2. The minimum Gasteiger partial charge on any atom is -0.338 e. The van der Waals surface area contributed by atoms with E-state index < -0.39 is 0 Å². The number of carbonyl (C=O) groups excluding carboxylic acids is 1. The lowest BCUT2D eigenvalue weighted by Gasteiger charge is -2.39. The second-order valence-electron chi connectivity index (χ2n) is 6.36. The highest BCUT2D eigenvalue weighted by Gasteiger charge is 2.31. The van der Waals surface area contributed by atoms with Crippen LogP contribution in [0.2, 0.25) is 0 Å². The Kier molecular flexibility index (Phi) is 4.16. The van der Waals surface area contributed by atoms with E-state index in [1.54, 1.807) is 24.3 Å². The fourth-order valence-electron chi connectivity index (χ4n) is 3.01. The Hall–Kier alpha value is -2.61. The third-order valence-corrected chi connectivity index (χ3v) is 4.20. The van der Waals surface area contributed by atoms with Gasteiger partial charge in [0.05, 0.1) is 11.6 Å². The maximum Gasteiger partial charge on any atom is 0.253 e. The van der Waals surface area contributed by atoms with Crippen LogP contribution in [0, 0.1) is 17.2 Å². The summed E-state index contributed by atoms with van der Waals surface area (Å²) < 4.78 is 2.19. The van der Waals surface area contributed by atoms with Crippen LogP contribution in [0.25, 0.3) is 0 Å². The number of carbonyl (C=O) groups is 1. The summed E-state index contributed by atoms with van der Waals surface area (Å²) in [5.41, 5.74) is 1.11. The van der Waals surface area contributed by atoms with Crippen molar-refractivity contribution >= 4 is 5.91 Å². The molecule has 2 aromatic rings. The van der Waals surface area contributed by atoms with Crippen LogP contribution in [0.1, 0.15) is 41.5 Å². The Bertz CT molecular complexity index is 750. The molecular formula is C18H20N4O. The fraction of sp³-hybridized carbons (Fsp3) is 0.389. The molecule has 0 aliphatic carbocycles. The summed E-state index contributed by atoms with van der Waals surface area (Å²) in [6, 6.07) is 8.96. The number of hydrogen-bond donors (Lipinski definition) is 0. The molecule has 0 unspecified atom stereocenters. The molecule has 118 valence electrons. The van der Waals surface area contributed by atoms with Crippen molar-refractivity contribution in [2.75, 3.05) is 13.1 Å². The van der Waals surface area contributed by atoms with Crippen LogP contribution in [0.3, 0.4) is 0 Å². The number of benzene rings is 1. The van der Waals surface area contributed by atoms with Crippen molar-refractivity contribution in [3.63, 3.8) is 0 Å². The normalized spacial score (nSPS) is 14.6. The molecule has 1 aromatic heterocycles. The second-order valence-corrected chi connectivity index (χ2v) is 6.36. The number of likely N-dealkylation sites (tertiary alicyclic amines) is 1. The minimum atomic E-state index is 0.00747. The Labute approximate surface area is 136 Å². The van der Waals surface area contributed by atoms with Gasteiger partial charge in [-0.2, -0.15) is 5.26 Å². The summed E-state index contributed by atoms with van der Waals surface area (Å²) in [4.78, 5) is 18.7. The molecule has 1 saturated heterocycles. The lowest BCUT2D eigenvalue weighted by atomic mass is 9.98. The monoisotopic (exact) mass is 308 g/mol. The molecule has 5 heteroatoms. The van der Waals surface area contributed by atoms with Crippen molar-refractivity contribution in [3.05, 3.63) is 53.6 Å². The molecule has 1 aromatic carbocycles. The van der Waals surface area contributed by atoms with E-state index in [0.717, 1.165) is 25.5 Å². The van der Waals surface area contributed by atoms with Crippen molar-refractivity contribution in [1.29, 1.82) is 5.26 Å². The molecular weight excluding hydrogens is 288 g/mol. The van der Waals surface area contributed by atoms with Gasteiger partial charge in [-0.1, -0.05) is 19.9 Å². The maximum absolute atomic E-state index is 12.4. The van der Waals surface area contributed by atoms with Crippen molar-refractivity contribution in [2.24, 2.45) is 5.92 Å². The molecule has 0 spiro atoms. The summed E-state index contributed by atoms with van der Waals surface area (Å²) in [6.45, 7) is 6.68. The van der Waals surface area contributed by atoms with Gasteiger partial charge >= 0.3 is 0 Å². The highest BCUT2D eigenvalue weighted by Crippen LogP contribution is 2.22. The zero-order chi connectivity index (χ0) is 16.4. The molecule has 1 aliphatic heterocycles. The Balaban J connectivity index is 1.59. The molecule has 1 amide bonds. The predicted octanol–water partition coefficient (Wildman–Crippen LogP) is 2.65. The number of nitrogens with zero attached hydrogens (tertiary/aromatic N) is 4. The largest absolute Gasteiger partial charge is 0.338 e. The molecule has 1 aliphatic rings. The van der Waals surface area contributed by atoms with Crippen LogP contribution in [0.4, 0.5) is 0 Å². The van der Waals surface area contributed by atoms with Gasteiger partial charge < -0.3 is 9.47 Å². The van der Waals surface area contributed by atoms with Gasteiger partial charge in [-0.25, -0.2) is 4.98 Å².